The molecule has 0 heterocycles. The molecule has 4 rings (SSSR count). The predicted octanol–water partition coefficient (Wildman–Crippen LogP) is 6.68. The third kappa shape index (κ3) is 8.67. The summed E-state index contributed by atoms with van der Waals surface area (Å²) < 4.78 is 13.5. The SMILES string of the molecule is Oc1ccc(Br)cc1C=NCc1ccccc1OCC(O)COc1ccccc1CN=Cc1cc(Br)ccc1O. The molecule has 0 bridgehead atoms. The molecule has 0 unspecified atom stereocenters. The van der Waals surface area contributed by atoms with E-state index in [1.54, 1.807) is 48.8 Å². The van der Waals surface area contributed by atoms with Gasteiger partial charge in [0.2, 0.25) is 0 Å². The lowest BCUT2D eigenvalue weighted by molar-refractivity contribution is 0.0620. The monoisotopic (exact) mass is 666 g/mol. The highest BCUT2D eigenvalue weighted by Gasteiger charge is 2.11. The second-order valence-electron chi connectivity index (χ2n) is 8.84. The number of aliphatic hydroxyl groups is 1. The number of hydrogen-bond acceptors (Lipinski definition) is 7. The van der Waals surface area contributed by atoms with Gasteiger partial charge in [0, 0.05) is 43.6 Å². The van der Waals surface area contributed by atoms with Gasteiger partial charge in [0.15, 0.2) is 0 Å². The molecule has 206 valence electrons. The number of phenolic OH excluding ortho intramolecular Hbond substituents is 2. The molecule has 0 amide bonds. The van der Waals surface area contributed by atoms with Crippen LogP contribution in [-0.2, 0) is 13.1 Å². The Labute approximate surface area is 249 Å². The first-order valence-corrected chi connectivity index (χ1v) is 14.0. The summed E-state index contributed by atoms with van der Waals surface area (Å²) in [5.74, 6) is 1.53. The summed E-state index contributed by atoms with van der Waals surface area (Å²) in [6.07, 6.45) is 2.36. The van der Waals surface area contributed by atoms with Gasteiger partial charge in [0.1, 0.15) is 42.3 Å². The van der Waals surface area contributed by atoms with Gasteiger partial charge in [-0.3, -0.25) is 9.98 Å². The molecular weight excluding hydrogens is 640 g/mol. The number of phenols is 2. The maximum atomic E-state index is 10.5. The fourth-order valence-corrected chi connectivity index (χ4v) is 4.47. The number of nitrogens with zero attached hydrogens (tertiary/aromatic N) is 2. The molecule has 0 aromatic heterocycles. The quantitative estimate of drug-likeness (QED) is 0.146. The second kappa shape index (κ2) is 14.6. The van der Waals surface area contributed by atoms with Gasteiger partial charge in [-0.2, -0.15) is 0 Å². The van der Waals surface area contributed by atoms with Crippen molar-refractivity contribution in [1.82, 2.24) is 0 Å². The summed E-state index contributed by atoms with van der Waals surface area (Å²) in [6, 6.07) is 25.3. The minimum Gasteiger partial charge on any atom is -0.507 e. The molecule has 40 heavy (non-hydrogen) atoms. The van der Waals surface area contributed by atoms with E-state index in [1.807, 2.05) is 48.5 Å². The Morgan fingerprint density at radius 3 is 1.52 bits per heavy atom. The van der Waals surface area contributed by atoms with E-state index < -0.39 is 6.10 Å². The van der Waals surface area contributed by atoms with Crippen molar-refractivity contribution in [3.05, 3.63) is 116 Å². The van der Waals surface area contributed by atoms with Crippen LogP contribution < -0.4 is 9.47 Å². The van der Waals surface area contributed by atoms with Crippen LogP contribution >= 0.6 is 31.9 Å². The van der Waals surface area contributed by atoms with E-state index in [9.17, 15) is 15.3 Å². The molecule has 0 fully saturated rings. The molecule has 0 aliphatic rings. The third-order valence-electron chi connectivity index (χ3n) is 5.77. The molecular formula is C31H28Br2N2O5. The Morgan fingerprint density at radius 1 is 0.650 bits per heavy atom. The van der Waals surface area contributed by atoms with Crippen LogP contribution in [0, 0.1) is 0 Å². The lowest BCUT2D eigenvalue weighted by Crippen LogP contribution is -2.25. The molecule has 0 saturated carbocycles. The summed E-state index contributed by atoms with van der Waals surface area (Å²) in [4.78, 5) is 8.88. The Morgan fingerprint density at radius 2 is 1.07 bits per heavy atom. The zero-order chi connectivity index (χ0) is 28.3. The van der Waals surface area contributed by atoms with E-state index in [0.717, 1.165) is 20.1 Å². The predicted molar refractivity (Wildman–Crippen MR) is 164 cm³/mol. The largest absolute Gasteiger partial charge is 0.507 e. The maximum absolute atomic E-state index is 10.5. The fourth-order valence-electron chi connectivity index (χ4n) is 3.71. The molecule has 3 N–H and O–H groups in total. The van der Waals surface area contributed by atoms with Crippen LogP contribution in [-0.4, -0.2) is 47.1 Å². The lowest BCUT2D eigenvalue weighted by Gasteiger charge is -2.16. The van der Waals surface area contributed by atoms with Gasteiger partial charge >= 0.3 is 0 Å². The molecule has 0 aliphatic heterocycles. The van der Waals surface area contributed by atoms with Crippen LogP contribution in [0.3, 0.4) is 0 Å². The van der Waals surface area contributed by atoms with E-state index in [2.05, 4.69) is 41.8 Å². The van der Waals surface area contributed by atoms with Crippen LogP contribution in [0.5, 0.6) is 23.0 Å². The summed E-state index contributed by atoms with van der Waals surface area (Å²) in [5.41, 5.74) is 2.91. The Balaban J connectivity index is 1.30. The van der Waals surface area contributed by atoms with Crippen molar-refractivity contribution in [1.29, 1.82) is 0 Å². The first-order chi connectivity index (χ1) is 19.4. The Bertz CT molecular complexity index is 1380. The number of para-hydroxylation sites is 2. The molecule has 7 nitrogen and oxygen atoms in total. The molecule has 0 radical (unpaired) electrons. The number of rotatable bonds is 12. The summed E-state index contributed by atoms with van der Waals surface area (Å²) in [5, 5.41) is 30.5. The summed E-state index contributed by atoms with van der Waals surface area (Å²) in [6.45, 7) is 0.770. The van der Waals surface area contributed by atoms with Gasteiger partial charge in [-0.05, 0) is 48.5 Å². The van der Waals surface area contributed by atoms with Crippen LogP contribution in [0.15, 0.2) is 104 Å². The highest BCUT2D eigenvalue weighted by atomic mass is 79.9. The van der Waals surface area contributed by atoms with Gasteiger partial charge in [-0.15, -0.1) is 0 Å². The zero-order valence-electron chi connectivity index (χ0n) is 21.5. The smallest absolute Gasteiger partial charge is 0.124 e. The number of aromatic hydroxyl groups is 2. The van der Waals surface area contributed by atoms with Crippen molar-refractivity contribution in [2.45, 2.75) is 19.2 Å². The fraction of sp³-hybridized carbons (Fsp3) is 0.161. The number of aliphatic hydroxyl groups excluding tert-OH is 1. The minimum atomic E-state index is -0.870. The standard InChI is InChI=1S/C31H28Br2N2O5/c32-25-9-11-28(37)23(13-25)17-34-15-21-5-1-3-7-30(21)39-19-27(36)20-40-31-8-4-2-6-22(31)16-35-18-24-14-26(33)10-12-29(24)38/h1-14,17-18,27,36-38H,15-16,19-20H2. The van der Waals surface area contributed by atoms with Crippen LogP contribution in [0.25, 0.3) is 0 Å². The van der Waals surface area contributed by atoms with E-state index in [0.29, 0.717) is 35.7 Å². The van der Waals surface area contributed by atoms with E-state index >= 15 is 0 Å². The first kappa shape index (κ1) is 29.3. The van der Waals surface area contributed by atoms with Crippen molar-refractivity contribution >= 4 is 44.3 Å². The van der Waals surface area contributed by atoms with Crippen molar-refractivity contribution in [2.24, 2.45) is 9.98 Å². The average Bonchev–Trinajstić information content (AvgIpc) is 2.95. The van der Waals surface area contributed by atoms with Crippen LogP contribution in [0.2, 0.25) is 0 Å². The van der Waals surface area contributed by atoms with Crippen LogP contribution in [0.4, 0.5) is 0 Å². The Hall–Kier alpha value is -3.66. The molecule has 0 saturated heterocycles. The van der Waals surface area contributed by atoms with E-state index in [1.165, 1.54) is 0 Å². The van der Waals surface area contributed by atoms with Gasteiger partial charge in [-0.1, -0.05) is 68.3 Å². The summed E-state index contributed by atoms with van der Waals surface area (Å²) >= 11 is 6.78. The van der Waals surface area contributed by atoms with Gasteiger partial charge in [0.05, 0.1) is 13.1 Å². The molecule has 4 aromatic carbocycles. The van der Waals surface area contributed by atoms with Gasteiger partial charge < -0.3 is 24.8 Å². The van der Waals surface area contributed by atoms with E-state index in [4.69, 9.17) is 9.47 Å². The molecule has 0 aliphatic carbocycles. The molecule has 0 atom stereocenters. The topological polar surface area (TPSA) is 104 Å². The molecule has 9 heteroatoms. The number of hydrogen-bond donors (Lipinski definition) is 3. The average molecular weight is 668 g/mol. The van der Waals surface area contributed by atoms with Crippen molar-refractivity contribution in [2.75, 3.05) is 13.2 Å². The number of ether oxygens (including phenoxy) is 2. The highest BCUT2D eigenvalue weighted by molar-refractivity contribution is 9.10. The lowest BCUT2D eigenvalue weighted by atomic mass is 10.2. The minimum absolute atomic E-state index is 0.0373. The van der Waals surface area contributed by atoms with Gasteiger partial charge in [-0.25, -0.2) is 0 Å². The number of aliphatic imine (C=N–C) groups is 2. The maximum Gasteiger partial charge on any atom is 0.124 e. The normalized spacial score (nSPS) is 12.2. The first-order valence-electron chi connectivity index (χ1n) is 12.4. The van der Waals surface area contributed by atoms with Crippen LogP contribution in [0.1, 0.15) is 22.3 Å². The molecule has 0 spiro atoms. The highest BCUT2D eigenvalue weighted by Crippen LogP contribution is 2.24. The third-order valence-corrected chi connectivity index (χ3v) is 6.76. The Kier molecular flexibility index (Phi) is 10.7. The summed E-state index contributed by atoms with van der Waals surface area (Å²) in [7, 11) is 0. The van der Waals surface area contributed by atoms with Crippen molar-refractivity contribution in [3.8, 4) is 23.0 Å². The van der Waals surface area contributed by atoms with Crippen molar-refractivity contribution < 1.29 is 24.8 Å². The van der Waals surface area contributed by atoms with Gasteiger partial charge in [0.25, 0.3) is 0 Å². The number of benzene rings is 4. The number of halogens is 2. The van der Waals surface area contributed by atoms with Crippen molar-refractivity contribution in [3.63, 3.8) is 0 Å². The molecule has 4 aromatic rings. The van der Waals surface area contributed by atoms with E-state index in [-0.39, 0.29) is 24.7 Å². The second-order valence-corrected chi connectivity index (χ2v) is 10.7. The zero-order valence-corrected chi connectivity index (χ0v) is 24.6.